The Labute approximate surface area is 143 Å². The van der Waals surface area contributed by atoms with Crippen LogP contribution in [0.1, 0.15) is 23.0 Å². The minimum atomic E-state index is -0.516. The van der Waals surface area contributed by atoms with Crippen LogP contribution in [-0.4, -0.2) is 28.9 Å². The lowest BCUT2D eigenvalue weighted by Gasteiger charge is -2.06. The summed E-state index contributed by atoms with van der Waals surface area (Å²) in [5.41, 5.74) is 2.91. The summed E-state index contributed by atoms with van der Waals surface area (Å²) in [5.74, 6) is 0.160. The SMILES string of the molecule is CCOc1ccccc1C=NNC(=O)c1n[nH]c(=O)c2ccccc12. The molecule has 25 heavy (non-hydrogen) atoms. The van der Waals surface area contributed by atoms with Crippen LogP contribution in [0.5, 0.6) is 5.75 Å². The summed E-state index contributed by atoms with van der Waals surface area (Å²) in [4.78, 5) is 24.1. The molecular formula is C18H16N4O3. The molecule has 7 nitrogen and oxygen atoms in total. The van der Waals surface area contributed by atoms with Crippen LogP contribution in [-0.2, 0) is 0 Å². The number of nitrogens with one attached hydrogen (secondary N) is 2. The molecule has 0 fully saturated rings. The number of H-pyrrole nitrogens is 1. The lowest BCUT2D eigenvalue weighted by atomic mass is 10.1. The summed E-state index contributed by atoms with van der Waals surface area (Å²) in [5, 5.41) is 11.0. The van der Waals surface area contributed by atoms with Crippen LogP contribution in [0.2, 0.25) is 0 Å². The average molecular weight is 336 g/mol. The molecule has 1 amide bonds. The van der Waals surface area contributed by atoms with Gasteiger partial charge in [0, 0.05) is 10.9 Å². The zero-order chi connectivity index (χ0) is 17.6. The summed E-state index contributed by atoms with van der Waals surface area (Å²) in [6, 6.07) is 14.1. The van der Waals surface area contributed by atoms with E-state index in [1.54, 1.807) is 24.3 Å². The maximum atomic E-state index is 12.3. The number of rotatable bonds is 5. The Morgan fingerprint density at radius 2 is 1.92 bits per heavy atom. The second-order valence-corrected chi connectivity index (χ2v) is 5.12. The Morgan fingerprint density at radius 3 is 2.72 bits per heavy atom. The first-order valence-corrected chi connectivity index (χ1v) is 7.73. The first-order valence-electron chi connectivity index (χ1n) is 7.73. The second kappa shape index (κ2) is 7.39. The van der Waals surface area contributed by atoms with Gasteiger partial charge in [0.25, 0.3) is 11.5 Å². The molecule has 3 rings (SSSR count). The van der Waals surface area contributed by atoms with Gasteiger partial charge in [-0.05, 0) is 25.1 Å². The maximum absolute atomic E-state index is 12.3. The summed E-state index contributed by atoms with van der Waals surface area (Å²) in [6.07, 6.45) is 1.50. The number of benzene rings is 2. The van der Waals surface area contributed by atoms with Gasteiger partial charge in [-0.15, -0.1) is 0 Å². The number of carbonyl (C=O) groups excluding carboxylic acids is 1. The standard InChI is InChI=1S/C18H16N4O3/c1-2-25-15-10-6-3-7-12(15)11-19-21-18(24)16-13-8-4-5-9-14(13)17(23)22-20-16/h3-11H,2H2,1H3,(H,21,24)(H,22,23). The maximum Gasteiger partial charge on any atom is 0.292 e. The monoisotopic (exact) mass is 336 g/mol. The van der Waals surface area contributed by atoms with Gasteiger partial charge in [0.1, 0.15) is 5.75 Å². The van der Waals surface area contributed by atoms with E-state index in [0.29, 0.717) is 23.1 Å². The van der Waals surface area contributed by atoms with Crippen LogP contribution in [0.4, 0.5) is 0 Å². The number of nitrogens with zero attached hydrogens (tertiary/aromatic N) is 2. The van der Waals surface area contributed by atoms with Gasteiger partial charge >= 0.3 is 0 Å². The lowest BCUT2D eigenvalue weighted by molar-refractivity contribution is 0.0951. The largest absolute Gasteiger partial charge is 0.493 e. The first-order chi connectivity index (χ1) is 12.2. The Morgan fingerprint density at radius 1 is 1.20 bits per heavy atom. The van der Waals surface area contributed by atoms with E-state index in [2.05, 4.69) is 20.7 Å². The molecule has 3 aromatic rings. The lowest BCUT2D eigenvalue weighted by Crippen LogP contribution is -2.22. The van der Waals surface area contributed by atoms with Crippen molar-refractivity contribution in [3.8, 4) is 5.75 Å². The number of amides is 1. The molecule has 7 heteroatoms. The van der Waals surface area contributed by atoms with Crippen LogP contribution in [0.25, 0.3) is 10.8 Å². The van der Waals surface area contributed by atoms with E-state index in [1.807, 2.05) is 31.2 Å². The molecule has 0 unspecified atom stereocenters. The quantitative estimate of drug-likeness (QED) is 0.551. The highest BCUT2D eigenvalue weighted by Gasteiger charge is 2.13. The van der Waals surface area contributed by atoms with Crippen molar-refractivity contribution in [3.05, 3.63) is 70.1 Å². The summed E-state index contributed by atoms with van der Waals surface area (Å²) >= 11 is 0. The number of hydrazone groups is 1. The molecule has 0 aliphatic heterocycles. The Kier molecular flexibility index (Phi) is 4.84. The van der Waals surface area contributed by atoms with Gasteiger partial charge < -0.3 is 4.74 Å². The van der Waals surface area contributed by atoms with E-state index < -0.39 is 5.91 Å². The fourth-order valence-corrected chi connectivity index (χ4v) is 2.38. The van der Waals surface area contributed by atoms with Crippen molar-refractivity contribution in [3.63, 3.8) is 0 Å². The molecule has 126 valence electrons. The number of hydrogen-bond donors (Lipinski definition) is 2. The van der Waals surface area contributed by atoms with Crippen molar-refractivity contribution in [2.45, 2.75) is 6.92 Å². The van der Waals surface area contributed by atoms with Crippen molar-refractivity contribution in [2.24, 2.45) is 5.10 Å². The number of aromatic amines is 1. The van der Waals surface area contributed by atoms with E-state index in [1.165, 1.54) is 6.21 Å². The molecule has 0 bridgehead atoms. The smallest absolute Gasteiger partial charge is 0.292 e. The molecule has 0 spiro atoms. The number of para-hydroxylation sites is 1. The third-order valence-electron chi connectivity index (χ3n) is 3.50. The Balaban J connectivity index is 1.82. The van der Waals surface area contributed by atoms with Crippen LogP contribution in [0, 0.1) is 0 Å². The van der Waals surface area contributed by atoms with E-state index in [0.717, 1.165) is 5.56 Å². The van der Waals surface area contributed by atoms with Crippen molar-refractivity contribution in [1.82, 2.24) is 15.6 Å². The summed E-state index contributed by atoms with van der Waals surface area (Å²) in [7, 11) is 0. The zero-order valence-electron chi connectivity index (χ0n) is 13.5. The van der Waals surface area contributed by atoms with Gasteiger partial charge in [-0.3, -0.25) is 9.59 Å². The van der Waals surface area contributed by atoms with Crippen molar-refractivity contribution in [1.29, 1.82) is 0 Å². The molecule has 2 aromatic carbocycles. The van der Waals surface area contributed by atoms with Gasteiger partial charge in [-0.1, -0.05) is 30.3 Å². The van der Waals surface area contributed by atoms with Crippen LogP contribution < -0.4 is 15.7 Å². The van der Waals surface area contributed by atoms with Crippen LogP contribution in [0.3, 0.4) is 0 Å². The molecule has 1 heterocycles. The zero-order valence-corrected chi connectivity index (χ0v) is 13.5. The Hall–Kier alpha value is -3.48. The normalized spacial score (nSPS) is 10.9. The topological polar surface area (TPSA) is 96.4 Å². The van der Waals surface area contributed by atoms with Crippen LogP contribution in [0.15, 0.2) is 58.4 Å². The van der Waals surface area contributed by atoms with Gasteiger partial charge in [-0.2, -0.15) is 10.2 Å². The molecule has 0 atom stereocenters. The highest BCUT2D eigenvalue weighted by Crippen LogP contribution is 2.15. The van der Waals surface area contributed by atoms with Gasteiger partial charge in [0.2, 0.25) is 0 Å². The van der Waals surface area contributed by atoms with Gasteiger partial charge in [-0.25, -0.2) is 10.5 Å². The number of carbonyl (C=O) groups is 1. The average Bonchev–Trinajstić information content (AvgIpc) is 2.64. The first kappa shape index (κ1) is 16.4. The predicted octanol–water partition coefficient (Wildman–Crippen LogP) is 2.09. The highest BCUT2D eigenvalue weighted by atomic mass is 16.5. The predicted molar refractivity (Wildman–Crippen MR) is 95.0 cm³/mol. The van der Waals surface area contributed by atoms with E-state index >= 15 is 0 Å². The molecule has 2 N–H and O–H groups in total. The second-order valence-electron chi connectivity index (χ2n) is 5.12. The third-order valence-corrected chi connectivity index (χ3v) is 3.50. The minimum absolute atomic E-state index is 0.102. The van der Waals surface area contributed by atoms with Gasteiger partial charge in [0.15, 0.2) is 5.69 Å². The van der Waals surface area contributed by atoms with E-state index in [9.17, 15) is 9.59 Å². The molecule has 0 saturated heterocycles. The van der Waals surface area contributed by atoms with E-state index in [4.69, 9.17) is 4.74 Å². The number of hydrogen-bond acceptors (Lipinski definition) is 5. The Bertz CT molecular complexity index is 995. The highest BCUT2D eigenvalue weighted by molar-refractivity contribution is 6.04. The molecule has 0 radical (unpaired) electrons. The van der Waals surface area contributed by atoms with Crippen molar-refractivity contribution >= 4 is 22.9 Å². The minimum Gasteiger partial charge on any atom is -0.493 e. The van der Waals surface area contributed by atoms with Crippen molar-refractivity contribution in [2.75, 3.05) is 6.61 Å². The molecule has 0 aliphatic rings. The molecule has 0 aliphatic carbocycles. The number of aromatic nitrogens is 2. The summed E-state index contributed by atoms with van der Waals surface area (Å²) in [6.45, 7) is 2.42. The number of ether oxygens (including phenoxy) is 1. The van der Waals surface area contributed by atoms with E-state index in [-0.39, 0.29) is 11.3 Å². The van der Waals surface area contributed by atoms with Gasteiger partial charge in [0.05, 0.1) is 18.2 Å². The fraction of sp³-hybridized carbons (Fsp3) is 0.111. The molecule has 0 saturated carbocycles. The fourth-order valence-electron chi connectivity index (χ4n) is 2.38. The van der Waals surface area contributed by atoms with Crippen molar-refractivity contribution < 1.29 is 9.53 Å². The third kappa shape index (κ3) is 3.55. The van der Waals surface area contributed by atoms with Crippen LogP contribution >= 0.6 is 0 Å². The summed E-state index contributed by atoms with van der Waals surface area (Å²) < 4.78 is 5.49. The number of fused-ring (bicyclic) bond motifs is 1. The molecule has 1 aromatic heterocycles. The molecular weight excluding hydrogens is 320 g/mol.